The summed E-state index contributed by atoms with van der Waals surface area (Å²) in [4.78, 5) is 4.78. The molecular weight excluding hydrogens is 224 g/mol. The molecule has 0 atom stereocenters. The van der Waals surface area contributed by atoms with Crippen LogP contribution in [0.15, 0.2) is 28.9 Å². The molecule has 0 radical (unpaired) electrons. The van der Waals surface area contributed by atoms with E-state index in [1.807, 2.05) is 32.9 Å². The number of hydrogen-bond acceptors (Lipinski definition) is 2. The van der Waals surface area contributed by atoms with Gasteiger partial charge in [0.1, 0.15) is 12.3 Å². The third-order valence-corrected chi connectivity index (χ3v) is 2.79. The van der Waals surface area contributed by atoms with Crippen molar-refractivity contribution in [2.45, 2.75) is 20.8 Å². The highest BCUT2D eigenvalue weighted by atomic mass is 19.3. The first-order valence-corrected chi connectivity index (χ1v) is 5.33. The van der Waals surface area contributed by atoms with Crippen LogP contribution in [0, 0.1) is 20.8 Å². The van der Waals surface area contributed by atoms with Gasteiger partial charge in [0.25, 0.3) is 6.08 Å². The van der Waals surface area contributed by atoms with Crippen molar-refractivity contribution < 1.29 is 13.6 Å². The van der Waals surface area contributed by atoms with Gasteiger partial charge in [-0.05, 0) is 31.9 Å². The number of oxime groups is 1. The molecule has 17 heavy (non-hydrogen) atoms. The maximum absolute atomic E-state index is 12.7. The van der Waals surface area contributed by atoms with E-state index in [9.17, 15) is 8.78 Å². The molecule has 1 aromatic rings. The van der Waals surface area contributed by atoms with Crippen molar-refractivity contribution >= 4 is 5.71 Å². The molecule has 1 aliphatic heterocycles. The Morgan fingerprint density at radius 2 is 1.76 bits per heavy atom. The van der Waals surface area contributed by atoms with Crippen LogP contribution >= 0.6 is 0 Å². The van der Waals surface area contributed by atoms with Crippen molar-refractivity contribution in [3.8, 4) is 0 Å². The van der Waals surface area contributed by atoms with Crippen LogP contribution in [0.25, 0.3) is 0 Å². The van der Waals surface area contributed by atoms with Crippen molar-refractivity contribution in [3.63, 3.8) is 0 Å². The van der Waals surface area contributed by atoms with E-state index in [2.05, 4.69) is 5.16 Å². The van der Waals surface area contributed by atoms with Crippen molar-refractivity contribution in [2.24, 2.45) is 5.16 Å². The zero-order valence-corrected chi connectivity index (χ0v) is 9.97. The molecule has 0 fully saturated rings. The lowest BCUT2D eigenvalue weighted by atomic mass is 9.93. The Morgan fingerprint density at radius 3 is 2.29 bits per heavy atom. The fourth-order valence-electron chi connectivity index (χ4n) is 2.18. The second-order valence-electron chi connectivity index (χ2n) is 4.23. The molecule has 1 heterocycles. The molecule has 0 N–H and O–H groups in total. The van der Waals surface area contributed by atoms with Gasteiger partial charge < -0.3 is 4.84 Å². The van der Waals surface area contributed by atoms with Crippen LogP contribution in [0.3, 0.4) is 0 Å². The smallest absolute Gasteiger partial charge is 0.279 e. The highest BCUT2D eigenvalue weighted by molar-refractivity contribution is 6.15. The Morgan fingerprint density at radius 1 is 1.18 bits per heavy atom. The third-order valence-electron chi connectivity index (χ3n) is 2.79. The molecule has 0 saturated carbocycles. The lowest BCUT2D eigenvalue weighted by Gasteiger charge is -2.10. The molecule has 0 saturated heterocycles. The van der Waals surface area contributed by atoms with Crippen LogP contribution in [0.5, 0.6) is 0 Å². The number of benzene rings is 1. The van der Waals surface area contributed by atoms with Gasteiger partial charge in [-0.15, -0.1) is 0 Å². The normalized spacial score (nSPS) is 14.6. The summed E-state index contributed by atoms with van der Waals surface area (Å²) in [5.74, 6) is 0. The molecule has 0 amide bonds. The minimum Gasteiger partial charge on any atom is -0.390 e. The number of aryl methyl sites for hydroxylation is 3. The van der Waals surface area contributed by atoms with Gasteiger partial charge in [0, 0.05) is 5.56 Å². The molecule has 4 heteroatoms. The summed E-state index contributed by atoms with van der Waals surface area (Å²) in [5, 5.41) is 3.74. The van der Waals surface area contributed by atoms with Crippen molar-refractivity contribution in [2.75, 3.05) is 6.61 Å². The quantitative estimate of drug-likeness (QED) is 0.732. The molecule has 1 aromatic carbocycles. The number of rotatable bonds is 1. The predicted molar refractivity (Wildman–Crippen MR) is 62.4 cm³/mol. The number of halogens is 2. The lowest BCUT2D eigenvalue weighted by Crippen LogP contribution is -2.08. The van der Waals surface area contributed by atoms with E-state index in [1.54, 1.807) is 0 Å². The van der Waals surface area contributed by atoms with Gasteiger partial charge in [-0.3, -0.25) is 0 Å². The zero-order valence-electron chi connectivity index (χ0n) is 9.97. The topological polar surface area (TPSA) is 21.6 Å². The highest BCUT2D eigenvalue weighted by Gasteiger charge is 2.25. The van der Waals surface area contributed by atoms with Crippen LogP contribution in [0.1, 0.15) is 22.3 Å². The van der Waals surface area contributed by atoms with Gasteiger partial charge in [0.05, 0.1) is 5.57 Å². The first-order valence-electron chi connectivity index (χ1n) is 5.33. The van der Waals surface area contributed by atoms with E-state index in [0.717, 1.165) is 22.3 Å². The Hall–Kier alpha value is -1.71. The summed E-state index contributed by atoms with van der Waals surface area (Å²) in [6.07, 6.45) is -1.72. The molecular formula is C13H13F2NO. The first-order chi connectivity index (χ1) is 8.00. The highest BCUT2D eigenvalue weighted by Crippen LogP contribution is 2.26. The second kappa shape index (κ2) is 4.28. The average molecular weight is 237 g/mol. The maximum Gasteiger partial charge on any atom is 0.279 e. The van der Waals surface area contributed by atoms with Crippen LogP contribution in [-0.4, -0.2) is 12.3 Å². The second-order valence-corrected chi connectivity index (χ2v) is 4.23. The molecule has 0 aromatic heterocycles. The third kappa shape index (κ3) is 2.07. The summed E-state index contributed by atoms with van der Waals surface area (Å²) >= 11 is 0. The van der Waals surface area contributed by atoms with Crippen LogP contribution < -0.4 is 0 Å². The summed E-state index contributed by atoms with van der Waals surface area (Å²) in [7, 11) is 0. The zero-order chi connectivity index (χ0) is 12.6. The summed E-state index contributed by atoms with van der Waals surface area (Å²) < 4.78 is 25.5. The molecule has 2 nitrogen and oxygen atoms in total. The Bertz CT molecular complexity index is 505. The van der Waals surface area contributed by atoms with Crippen molar-refractivity contribution in [1.82, 2.24) is 0 Å². The molecule has 1 aliphatic rings. The maximum atomic E-state index is 12.7. The van der Waals surface area contributed by atoms with E-state index < -0.39 is 6.08 Å². The van der Waals surface area contributed by atoms with Crippen LogP contribution in [-0.2, 0) is 4.84 Å². The summed E-state index contributed by atoms with van der Waals surface area (Å²) in [6, 6.07) is 3.91. The molecule has 0 unspecified atom stereocenters. The summed E-state index contributed by atoms with van der Waals surface area (Å²) in [6.45, 7) is 5.61. The van der Waals surface area contributed by atoms with Gasteiger partial charge in [0.15, 0.2) is 0 Å². The molecule has 0 bridgehead atoms. The first kappa shape index (κ1) is 11.8. The van der Waals surface area contributed by atoms with Crippen molar-refractivity contribution in [1.29, 1.82) is 0 Å². The average Bonchev–Trinajstić information content (AvgIpc) is 2.64. The Labute approximate surface area is 98.6 Å². The Balaban J connectivity index is 2.59. The van der Waals surface area contributed by atoms with Gasteiger partial charge in [-0.1, -0.05) is 22.9 Å². The van der Waals surface area contributed by atoms with E-state index >= 15 is 0 Å². The van der Waals surface area contributed by atoms with E-state index in [1.165, 1.54) is 0 Å². The SMILES string of the molecule is Cc1cc(C)c(C2=NOCC2=C(F)F)c(C)c1. The van der Waals surface area contributed by atoms with E-state index in [4.69, 9.17) is 4.84 Å². The molecule has 0 aliphatic carbocycles. The fraction of sp³-hybridized carbons (Fsp3) is 0.308. The minimum absolute atomic E-state index is 0.111. The van der Waals surface area contributed by atoms with E-state index in [-0.39, 0.29) is 17.9 Å². The standard InChI is InChI=1S/C13H13F2NO/c1-7-4-8(2)11(9(3)5-7)12-10(13(14)15)6-17-16-12/h4-5H,6H2,1-3H3. The molecule has 2 rings (SSSR count). The Kier molecular flexibility index (Phi) is 2.96. The monoisotopic (exact) mass is 237 g/mol. The lowest BCUT2D eigenvalue weighted by molar-refractivity contribution is 0.184. The van der Waals surface area contributed by atoms with Crippen LogP contribution in [0.4, 0.5) is 8.78 Å². The fourth-order valence-corrected chi connectivity index (χ4v) is 2.18. The molecule has 90 valence electrons. The number of nitrogens with zero attached hydrogens (tertiary/aromatic N) is 1. The van der Waals surface area contributed by atoms with Gasteiger partial charge in [0.2, 0.25) is 0 Å². The number of hydrogen-bond donors (Lipinski definition) is 0. The van der Waals surface area contributed by atoms with Crippen molar-refractivity contribution in [3.05, 3.63) is 46.0 Å². The van der Waals surface area contributed by atoms with Gasteiger partial charge >= 0.3 is 0 Å². The summed E-state index contributed by atoms with van der Waals surface area (Å²) in [5.41, 5.74) is 3.88. The minimum atomic E-state index is -1.72. The van der Waals surface area contributed by atoms with Gasteiger partial charge in [-0.2, -0.15) is 8.78 Å². The predicted octanol–water partition coefficient (Wildman–Crippen LogP) is 3.50. The van der Waals surface area contributed by atoms with Crippen LogP contribution in [0.2, 0.25) is 0 Å². The largest absolute Gasteiger partial charge is 0.390 e. The van der Waals surface area contributed by atoms with Gasteiger partial charge in [-0.25, -0.2) is 0 Å². The molecule has 0 spiro atoms. The van der Waals surface area contributed by atoms with E-state index in [0.29, 0.717) is 0 Å².